The number of carbonyl (C=O) groups is 2. The van der Waals surface area contributed by atoms with Crippen molar-refractivity contribution in [2.24, 2.45) is 5.92 Å². The highest BCUT2D eigenvalue weighted by atomic mass is 79.9. The number of rotatable bonds is 9. The predicted molar refractivity (Wildman–Crippen MR) is 163 cm³/mol. The van der Waals surface area contributed by atoms with Gasteiger partial charge >= 0.3 is 0 Å². The second-order valence-electron chi connectivity index (χ2n) is 9.82. The van der Waals surface area contributed by atoms with E-state index in [1.807, 2.05) is 66.7 Å². The predicted octanol–water partition coefficient (Wildman–Crippen LogP) is 6.15. The van der Waals surface area contributed by atoms with Gasteiger partial charge in [-0.3, -0.25) is 9.59 Å². The number of benzene rings is 4. The normalized spacial score (nSPS) is 20.8. The Balaban J connectivity index is 1.81. The summed E-state index contributed by atoms with van der Waals surface area (Å²) < 4.78 is 31.2. The number of nitrogens with zero attached hydrogens (tertiary/aromatic N) is 1. The molecule has 1 heterocycles. The molecule has 1 saturated heterocycles. The number of nitrogens with one attached hydrogen (secondary N) is 1. The smallest absolute Gasteiger partial charge is 0.244 e. The molecule has 8 heteroatoms. The number of hydrogen-bond acceptors (Lipinski definition) is 4. The van der Waals surface area contributed by atoms with Crippen LogP contribution in [0.2, 0.25) is 0 Å². The summed E-state index contributed by atoms with van der Waals surface area (Å²) >= 11 is 3.38. The van der Waals surface area contributed by atoms with Gasteiger partial charge in [0.25, 0.3) is 0 Å². The second-order valence-corrected chi connectivity index (χ2v) is 12.6. The fraction of sp³-hybridized carbons (Fsp3) is 0.152. The van der Waals surface area contributed by atoms with E-state index in [0.29, 0.717) is 16.7 Å². The monoisotopic (exact) mass is 628 g/mol. The van der Waals surface area contributed by atoms with E-state index in [0.717, 1.165) is 4.47 Å². The average Bonchev–Trinajstić information content (AvgIpc) is 3.38. The lowest BCUT2D eigenvalue weighted by atomic mass is 9.76. The highest BCUT2D eigenvalue weighted by Crippen LogP contribution is 2.53. The summed E-state index contributed by atoms with van der Waals surface area (Å²) in [6.07, 6.45) is 1.54. The molecule has 1 fully saturated rings. The molecular formula is C33H29BrN2O4S. The molecule has 0 radical (unpaired) electrons. The van der Waals surface area contributed by atoms with Gasteiger partial charge in [0.15, 0.2) is 5.78 Å². The average molecular weight is 630 g/mol. The Hall–Kier alpha value is -3.85. The Bertz CT molecular complexity index is 1630. The molecule has 1 N–H and O–H groups in total. The molecule has 0 saturated carbocycles. The molecular weight excluding hydrogens is 600 g/mol. The molecule has 5 rings (SSSR count). The first-order valence-electron chi connectivity index (χ1n) is 13.2. The topological polar surface area (TPSA) is 83.6 Å². The minimum atomic E-state index is -4.29. The molecule has 1 amide bonds. The molecule has 4 unspecified atom stereocenters. The zero-order chi connectivity index (χ0) is 29.0. The van der Waals surface area contributed by atoms with Gasteiger partial charge in [-0.25, -0.2) is 8.42 Å². The highest BCUT2D eigenvalue weighted by molar-refractivity contribution is 9.10. The van der Waals surface area contributed by atoms with Crippen LogP contribution < -0.4 is 5.32 Å². The third kappa shape index (κ3) is 5.68. The number of halogens is 1. The van der Waals surface area contributed by atoms with E-state index in [1.165, 1.54) is 16.4 Å². The lowest BCUT2D eigenvalue weighted by Crippen LogP contribution is -2.48. The maximum atomic E-state index is 14.6. The van der Waals surface area contributed by atoms with Crippen LogP contribution in [0.4, 0.5) is 0 Å². The highest BCUT2D eigenvalue weighted by Gasteiger charge is 2.59. The van der Waals surface area contributed by atoms with Crippen molar-refractivity contribution in [3.8, 4) is 0 Å². The van der Waals surface area contributed by atoms with Crippen LogP contribution in [0.1, 0.15) is 33.4 Å². The number of carbonyl (C=O) groups excluding carboxylic acids is 2. The van der Waals surface area contributed by atoms with Gasteiger partial charge < -0.3 is 5.32 Å². The quantitative estimate of drug-likeness (QED) is 0.178. The SMILES string of the molecule is C=CCNC(=O)C1C(c2ccccc2)C(C(=O)c2ccccc2)C(c2ccccc2)N1S(=O)(=O)c1ccc(Br)cc1. The Morgan fingerprint density at radius 3 is 1.90 bits per heavy atom. The van der Waals surface area contributed by atoms with Crippen molar-refractivity contribution in [1.29, 1.82) is 0 Å². The Labute approximate surface area is 248 Å². The first-order valence-corrected chi connectivity index (χ1v) is 15.4. The van der Waals surface area contributed by atoms with Gasteiger partial charge in [-0.1, -0.05) is 113 Å². The number of amides is 1. The largest absolute Gasteiger partial charge is 0.351 e. The van der Waals surface area contributed by atoms with Crippen molar-refractivity contribution < 1.29 is 18.0 Å². The van der Waals surface area contributed by atoms with Crippen molar-refractivity contribution in [2.45, 2.75) is 22.9 Å². The summed E-state index contributed by atoms with van der Waals surface area (Å²) in [6.45, 7) is 3.85. The van der Waals surface area contributed by atoms with E-state index in [1.54, 1.807) is 42.5 Å². The van der Waals surface area contributed by atoms with Crippen LogP contribution in [-0.4, -0.2) is 37.0 Å². The molecule has 0 bridgehead atoms. The Morgan fingerprint density at radius 1 is 0.805 bits per heavy atom. The van der Waals surface area contributed by atoms with E-state index in [-0.39, 0.29) is 17.2 Å². The maximum Gasteiger partial charge on any atom is 0.244 e. The standard InChI is InChI=1S/C33H29BrN2O4S/c1-2-22-35-33(38)31-28(23-12-6-3-7-13-23)29(32(37)25-16-10-5-11-17-25)30(24-14-8-4-9-15-24)36(31)41(39,40)27-20-18-26(34)19-21-27/h2-21,28-31H,1,22H2,(H,35,38). The van der Waals surface area contributed by atoms with Crippen molar-refractivity contribution in [1.82, 2.24) is 9.62 Å². The summed E-state index contributed by atoms with van der Waals surface area (Å²) in [6, 6.07) is 31.3. The third-order valence-electron chi connectivity index (χ3n) is 7.38. The number of hydrogen-bond donors (Lipinski definition) is 1. The van der Waals surface area contributed by atoms with Gasteiger partial charge in [0.1, 0.15) is 6.04 Å². The molecule has 0 aliphatic carbocycles. The summed E-state index contributed by atoms with van der Waals surface area (Å²) in [5.74, 6) is -2.40. The van der Waals surface area contributed by atoms with Gasteiger partial charge in [0.05, 0.1) is 16.9 Å². The second kappa shape index (κ2) is 12.3. The van der Waals surface area contributed by atoms with Crippen LogP contribution >= 0.6 is 15.9 Å². The van der Waals surface area contributed by atoms with Crippen LogP contribution in [-0.2, 0) is 14.8 Å². The summed E-state index contributed by atoms with van der Waals surface area (Å²) in [5.41, 5.74) is 1.78. The fourth-order valence-electron chi connectivity index (χ4n) is 5.64. The Morgan fingerprint density at radius 2 is 1.34 bits per heavy atom. The van der Waals surface area contributed by atoms with E-state index >= 15 is 0 Å². The molecule has 0 aromatic heterocycles. The van der Waals surface area contributed by atoms with Gasteiger partial charge in [-0.2, -0.15) is 4.31 Å². The van der Waals surface area contributed by atoms with Gasteiger partial charge in [0.2, 0.25) is 15.9 Å². The van der Waals surface area contributed by atoms with Crippen LogP contribution in [0, 0.1) is 5.92 Å². The molecule has 4 aromatic rings. The molecule has 208 valence electrons. The molecule has 41 heavy (non-hydrogen) atoms. The van der Waals surface area contributed by atoms with Crippen molar-refractivity contribution in [2.75, 3.05) is 6.54 Å². The fourth-order valence-corrected chi connectivity index (χ4v) is 7.70. The summed E-state index contributed by atoms with van der Waals surface area (Å²) in [5, 5.41) is 2.83. The van der Waals surface area contributed by atoms with E-state index in [2.05, 4.69) is 27.8 Å². The van der Waals surface area contributed by atoms with Gasteiger partial charge in [0, 0.05) is 22.5 Å². The molecule has 4 aromatic carbocycles. The minimum absolute atomic E-state index is 0.0303. The molecule has 0 spiro atoms. The van der Waals surface area contributed by atoms with Crippen molar-refractivity contribution in [3.05, 3.63) is 149 Å². The molecule has 1 aliphatic rings. The number of sulfonamides is 1. The first-order chi connectivity index (χ1) is 19.8. The number of ketones is 1. The molecule has 6 nitrogen and oxygen atoms in total. The lowest BCUT2D eigenvalue weighted by molar-refractivity contribution is -0.124. The molecule has 1 aliphatic heterocycles. The summed E-state index contributed by atoms with van der Waals surface area (Å²) in [4.78, 5) is 28.5. The summed E-state index contributed by atoms with van der Waals surface area (Å²) in [7, 11) is -4.29. The van der Waals surface area contributed by atoms with Crippen LogP contribution in [0.3, 0.4) is 0 Å². The van der Waals surface area contributed by atoms with Crippen LogP contribution in [0.25, 0.3) is 0 Å². The zero-order valence-electron chi connectivity index (χ0n) is 22.1. The third-order valence-corrected chi connectivity index (χ3v) is 9.79. The van der Waals surface area contributed by atoms with Crippen LogP contribution in [0.5, 0.6) is 0 Å². The number of Topliss-reactive ketones (excluding diaryl/α,β-unsaturated/α-hetero) is 1. The van der Waals surface area contributed by atoms with E-state index < -0.39 is 39.8 Å². The van der Waals surface area contributed by atoms with Gasteiger partial charge in [-0.05, 0) is 35.4 Å². The van der Waals surface area contributed by atoms with Gasteiger partial charge in [-0.15, -0.1) is 6.58 Å². The Kier molecular flexibility index (Phi) is 8.63. The van der Waals surface area contributed by atoms with E-state index in [9.17, 15) is 18.0 Å². The lowest BCUT2D eigenvalue weighted by Gasteiger charge is -2.30. The molecule has 4 atom stereocenters. The minimum Gasteiger partial charge on any atom is -0.351 e. The first kappa shape index (κ1) is 28.7. The van der Waals surface area contributed by atoms with Crippen molar-refractivity contribution in [3.63, 3.8) is 0 Å². The zero-order valence-corrected chi connectivity index (χ0v) is 24.5. The maximum absolute atomic E-state index is 14.6. The van der Waals surface area contributed by atoms with Crippen molar-refractivity contribution >= 4 is 37.6 Å². The van der Waals surface area contributed by atoms with Crippen LogP contribution in [0.15, 0.2) is 137 Å². The van der Waals surface area contributed by atoms with E-state index in [4.69, 9.17) is 0 Å².